The lowest BCUT2D eigenvalue weighted by atomic mass is 9.76. The van der Waals surface area contributed by atoms with Gasteiger partial charge in [0.2, 0.25) is 5.88 Å². The standard InChI is InChI=1S/C32H35F2N5O5/c1-42-30-25-28(26(34)27(36-30)21-14-19(40)13-18-5-2-6-22(33)24(18)21)37-31(38-29(25)39-11-12-43-16-20(41)15-39)44-17-32-8-3-7-23(32)35-10-4-9-32/h2,5-6,13-14,20,23,35,40-41H,3-4,7-12,15-17H2,1H3. The van der Waals surface area contributed by atoms with E-state index in [9.17, 15) is 10.2 Å². The van der Waals surface area contributed by atoms with E-state index in [0.29, 0.717) is 37.0 Å². The Morgan fingerprint density at radius 1 is 1.14 bits per heavy atom. The van der Waals surface area contributed by atoms with Gasteiger partial charge in [0.25, 0.3) is 0 Å². The van der Waals surface area contributed by atoms with Crippen molar-refractivity contribution in [1.82, 2.24) is 20.3 Å². The molecule has 12 heteroatoms. The van der Waals surface area contributed by atoms with Crippen LogP contribution in [0, 0.1) is 17.0 Å². The third-order valence-electron chi connectivity index (χ3n) is 9.26. The van der Waals surface area contributed by atoms with Crippen molar-refractivity contribution in [3.8, 4) is 28.9 Å². The fraction of sp³-hybridized carbons (Fsp3) is 0.469. The molecule has 2 aromatic heterocycles. The lowest BCUT2D eigenvalue weighted by molar-refractivity contribution is 0.0597. The summed E-state index contributed by atoms with van der Waals surface area (Å²) in [5, 5.41) is 25.3. The van der Waals surface area contributed by atoms with Crippen molar-refractivity contribution in [3.63, 3.8) is 0 Å². The highest BCUT2D eigenvalue weighted by Gasteiger charge is 2.45. The van der Waals surface area contributed by atoms with Gasteiger partial charge in [0.1, 0.15) is 34.0 Å². The van der Waals surface area contributed by atoms with Crippen LogP contribution in [0.4, 0.5) is 14.6 Å². The number of piperidine rings is 1. The number of hydrogen-bond donors (Lipinski definition) is 3. The number of nitrogens with zero attached hydrogens (tertiary/aromatic N) is 4. The molecule has 2 aliphatic heterocycles. The number of anilines is 1. The molecule has 0 amide bonds. The van der Waals surface area contributed by atoms with Crippen LogP contribution in [-0.2, 0) is 4.74 Å². The number of hydrogen-bond acceptors (Lipinski definition) is 10. The molecule has 0 bridgehead atoms. The van der Waals surface area contributed by atoms with E-state index < -0.39 is 17.7 Å². The predicted molar refractivity (Wildman–Crippen MR) is 160 cm³/mol. The van der Waals surface area contributed by atoms with Crippen molar-refractivity contribution in [2.75, 3.05) is 51.5 Å². The first kappa shape index (κ1) is 28.9. The highest BCUT2D eigenvalue weighted by molar-refractivity contribution is 6.02. The molecule has 3 atom stereocenters. The van der Waals surface area contributed by atoms with Crippen molar-refractivity contribution < 1.29 is 33.2 Å². The van der Waals surface area contributed by atoms with Crippen molar-refractivity contribution in [3.05, 3.63) is 42.0 Å². The van der Waals surface area contributed by atoms with Crippen molar-refractivity contribution in [2.24, 2.45) is 5.41 Å². The fourth-order valence-electron chi connectivity index (χ4n) is 7.19. The molecular weight excluding hydrogens is 572 g/mol. The Morgan fingerprint density at radius 2 is 2.00 bits per heavy atom. The van der Waals surface area contributed by atoms with Gasteiger partial charge in [-0.15, -0.1) is 0 Å². The lowest BCUT2D eigenvalue weighted by Crippen LogP contribution is -2.49. The number of pyridine rings is 1. The number of fused-ring (bicyclic) bond motifs is 3. The number of nitrogens with one attached hydrogen (secondary N) is 1. The van der Waals surface area contributed by atoms with E-state index in [2.05, 4.69) is 15.3 Å². The highest BCUT2D eigenvalue weighted by Crippen LogP contribution is 2.45. The minimum absolute atomic E-state index is 0.0105. The van der Waals surface area contributed by atoms with Crippen LogP contribution in [0.3, 0.4) is 0 Å². The maximum Gasteiger partial charge on any atom is 0.319 e. The van der Waals surface area contributed by atoms with Crippen molar-refractivity contribution in [2.45, 2.75) is 44.2 Å². The van der Waals surface area contributed by atoms with E-state index >= 15 is 8.78 Å². The zero-order valence-electron chi connectivity index (χ0n) is 24.5. The number of halogens is 2. The monoisotopic (exact) mass is 607 g/mol. The number of aromatic nitrogens is 3. The van der Waals surface area contributed by atoms with Gasteiger partial charge in [-0.25, -0.2) is 13.8 Å². The van der Waals surface area contributed by atoms with Crippen molar-refractivity contribution in [1.29, 1.82) is 0 Å². The zero-order chi connectivity index (χ0) is 30.4. The highest BCUT2D eigenvalue weighted by atomic mass is 19.1. The molecule has 4 heterocycles. The molecule has 3 N–H and O–H groups in total. The number of aromatic hydroxyl groups is 1. The summed E-state index contributed by atoms with van der Waals surface area (Å²) < 4.78 is 49.5. The van der Waals surface area contributed by atoms with Gasteiger partial charge >= 0.3 is 6.01 Å². The minimum atomic E-state index is -0.840. The van der Waals surface area contributed by atoms with E-state index in [1.807, 2.05) is 0 Å². The second-order valence-corrected chi connectivity index (χ2v) is 12.0. The number of aliphatic hydroxyl groups excluding tert-OH is 1. The van der Waals surface area contributed by atoms with Crippen LogP contribution in [0.2, 0.25) is 0 Å². The van der Waals surface area contributed by atoms with Crippen LogP contribution < -0.4 is 19.7 Å². The number of rotatable bonds is 6. The first-order chi connectivity index (χ1) is 21.4. The Labute approximate surface area is 253 Å². The van der Waals surface area contributed by atoms with Gasteiger partial charge in [-0.3, -0.25) is 0 Å². The third-order valence-corrected chi connectivity index (χ3v) is 9.26. The molecule has 3 fully saturated rings. The van der Waals surface area contributed by atoms with Crippen molar-refractivity contribution >= 4 is 27.5 Å². The molecule has 0 radical (unpaired) electrons. The van der Waals surface area contributed by atoms with E-state index in [1.165, 1.54) is 31.4 Å². The lowest BCUT2D eigenvalue weighted by Gasteiger charge is -2.39. The number of β-amino-alcohol motifs (C(OH)–C–C–N with tert-alkyl or cyclic N) is 1. The largest absolute Gasteiger partial charge is 0.508 e. The predicted octanol–water partition coefficient (Wildman–Crippen LogP) is 4.34. The average Bonchev–Trinajstić information content (AvgIpc) is 3.33. The van der Waals surface area contributed by atoms with Gasteiger partial charge < -0.3 is 34.6 Å². The SMILES string of the molecule is COc1nc(-c2cc(O)cc3cccc(F)c23)c(F)c2nc(OCC34CCCNC3CCC4)nc(N3CCOCC(O)C3)c12. The second kappa shape index (κ2) is 11.6. The quantitative estimate of drug-likeness (QED) is 0.292. The van der Waals surface area contributed by atoms with E-state index in [-0.39, 0.29) is 63.8 Å². The molecular formula is C32H35F2N5O5. The molecule has 4 aromatic rings. The molecule has 10 nitrogen and oxygen atoms in total. The minimum Gasteiger partial charge on any atom is -0.508 e. The summed E-state index contributed by atoms with van der Waals surface area (Å²) in [6, 6.07) is 7.44. The second-order valence-electron chi connectivity index (χ2n) is 12.0. The van der Waals surface area contributed by atoms with Crippen LogP contribution in [-0.4, -0.2) is 83.9 Å². The van der Waals surface area contributed by atoms with Crippen LogP contribution >= 0.6 is 0 Å². The number of methoxy groups -OCH3 is 1. The van der Waals surface area contributed by atoms with Crippen LogP contribution in [0.5, 0.6) is 17.6 Å². The van der Waals surface area contributed by atoms with Gasteiger partial charge in [0.15, 0.2) is 5.82 Å². The van der Waals surface area contributed by atoms with E-state index in [1.54, 1.807) is 11.0 Å². The maximum atomic E-state index is 16.8. The summed E-state index contributed by atoms with van der Waals surface area (Å²) in [5.41, 5.74) is -0.359. The number of phenols is 1. The van der Waals surface area contributed by atoms with E-state index in [0.717, 1.165) is 38.6 Å². The Hall–Kier alpha value is -3.87. The molecule has 44 heavy (non-hydrogen) atoms. The summed E-state index contributed by atoms with van der Waals surface area (Å²) in [6.45, 7) is 2.38. The molecule has 3 aliphatic rings. The summed E-state index contributed by atoms with van der Waals surface area (Å²) in [4.78, 5) is 15.6. The number of ether oxygens (including phenoxy) is 3. The number of phenolic OH excluding ortho intramolecular Hbond substituents is 1. The summed E-state index contributed by atoms with van der Waals surface area (Å²) in [6.07, 6.45) is 4.47. The smallest absolute Gasteiger partial charge is 0.319 e. The molecule has 2 saturated heterocycles. The molecule has 1 saturated carbocycles. The van der Waals surface area contributed by atoms with Crippen LogP contribution in [0.25, 0.3) is 32.9 Å². The Morgan fingerprint density at radius 3 is 2.86 bits per heavy atom. The van der Waals surface area contributed by atoms with Crippen LogP contribution in [0.1, 0.15) is 32.1 Å². The summed E-state index contributed by atoms with van der Waals surface area (Å²) >= 11 is 0. The van der Waals surface area contributed by atoms with Crippen LogP contribution in [0.15, 0.2) is 30.3 Å². The summed E-state index contributed by atoms with van der Waals surface area (Å²) in [5.74, 6) is -1.30. The number of benzene rings is 2. The van der Waals surface area contributed by atoms with Gasteiger partial charge in [0.05, 0.1) is 33.0 Å². The van der Waals surface area contributed by atoms with Gasteiger partial charge in [-0.1, -0.05) is 18.6 Å². The topological polar surface area (TPSA) is 122 Å². The first-order valence-electron chi connectivity index (χ1n) is 15.1. The third kappa shape index (κ3) is 5.04. The Bertz CT molecular complexity index is 1720. The Balaban J connectivity index is 1.41. The molecule has 1 aliphatic carbocycles. The number of aliphatic hydroxyl groups is 1. The van der Waals surface area contributed by atoms with Gasteiger partial charge in [0, 0.05) is 35.5 Å². The van der Waals surface area contributed by atoms with Gasteiger partial charge in [-0.2, -0.15) is 9.97 Å². The zero-order valence-corrected chi connectivity index (χ0v) is 24.5. The average molecular weight is 608 g/mol. The first-order valence-corrected chi connectivity index (χ1v) is 15.1. The normalized spacial score (nSPS) is 24.0. The Kier molecular flexibility index (Phi) is 7.59. The molecule has 2 aromatic carbocycles. The summed E-state index contributed by atoms with van der Waals surface area (Å²) in [7, 11) is 1.40. The molecule has 7 rings (SSSR count). The molecule has 0 spiro atoms. The molecule has 3 unspecified atom stereocenters. The van der Waals surface area contributed by atoms with Gasteiger partial charge in [-0.05, 0) is 55.8 Å². The maximum absolute atomic E-state index is 16.8. The fourth-order valence-corrected chi connectivity index (χ4v) is 7.19. The molecule has 232 valence electrons. The van der Waals surface area contributed by atoms with E-state index in [4.69, 9.17) is 19.2 Å².